The van der Waals surface area contributed by atoms with Crippen LogP contribution in [0.25, 0.3) is 6.08 Å². The number of thiazole rings is 1. The molecule has 1 aliphatic rings. The van der Waals surface area contributed by atoms with Crippen molar-refractivity contribution in [1.29, 1.82) is 0 Å². The van der Waals surface area contributed by atoms with Crippen molar-refractivity contribution in [2.75, 3.05) is 20.3 Å². The van der Waals surface area contributed by atoms with E-state index in [-0.39, 0.29) is 24.3 Å². The molecule has 0 amide bonds. The first kappa shape index (κ1) is 32.6. The van der Waals surface area contributed by atoms with Crippen molar-refractivity contribution in [3.63, 3.8) is 0 Å². The summed E-state index contributed by atoms with van der Waals surface area (Å²) in [6, 6.07) is 14.8. The molecule has 1 atom stereocenters. The van der Waals surface area contributed by atoms with E-state index in [0.29, 0.717) is 65.1 Å². The van der Waals surface area contributed by atoms with E-state index in [1.807, 2.05) is 6.92 Å². The molecule has 0 radical (unpaired) electrons. The summed E-state index contributed by atoms with van der Waals surface area (Å²) in [5.74, 6) is 0.949. The van der Waals surface area contributed by atoms with Crippen molar-refractivity contribution in [2.24, 2.45) is 4.99 Å². The molecule has 5 rings (SSSR count). The Balaban J connectivity index is 1.64. The number of fused-ring (bicyclic) bond motifs is 1. The third kappa shape index (κ3) is 6.92. The molecular weight excluding hydrogens is 659 g/mol. The van der Waals surface area contributed by atoms with Crippen LogP contribution in [0.1, 0.15) is 43.5 Å². The molecule has 0 unspecified atom stereocenters. The molecule has 1 aliphatic heterocycles. The number of rotatable bonds is 10. The van der Waals surface area contributed by atoms with Gasteiger partial charge >= 0.3 is 5.97 Å². The maximum absolute atomic E-state index is 14.2. The van der Waals surface area contributed by atoms with Gasteiger partial charge in [0.25, 0.3) is 5.56 Å². The molecule has 0 spiro atoms. The Morgan fingerprint density at radius 3 is 2.40 bits per heavy atom. The third-order valence-corrected chi connectivity index (χ3v) is 8.78. The SMILES string of the molecule is CCOC(=O)C1=C(C)N=c2s/c(=C\c3cc(Cl)ccc3OCc3ccc(Cl)cc3Cl)c(=O)n2[C@H]1c1ccc(OC)c(OCC)c1. The monoisotopic (exact) mass is 686 g/mol. The Hall–Kier alpha value is -3.76. The Kier molecular flexibility index (Phi) is 10.2. The van der Waals surface area contributed by atoms with E-state index in [0.717, 1.165) is 5.56 Å². The molecule has 45 heavy (non-hydrogen) atoms. The lowest BCUT2D eigenvalue weighted by Crippen LogP contribution is -2.40. The fourth-order valence-corrected chi connectivity index (χ4v) is 6.62. The van der Waals surface area contributed by atoms with Crippen molar-refractivity contribution < 1.29 is 23.7 Å². The number of hydrogen-bond acceptors (Lipinski definition) is 8. The molecule has 0 saturated heterocycles. The summed E-state index contributed by atoms with van der Waals surface area (Å²) in [5.41, 5.74) is 2.32. The quantitative estimate of drug-likeness (QED) is 0.172. The van der Waals surface area contributed by atoms with E-state index in [1.165, 1.54) is 15.9 Å². The molecule has 12 heteroatoms. The fraction of sp³-hybridized carbons (Fsp3) is 0.242. The topological polar surface area (TPSA) is 88.4 Å². The first-order valence-corrected chi connectivity index (χ1v) is 16.0. The van der Waals surface area contributed by atoms with Gasteiger partial charge in [0.1, 0.15) is 12.4 Å². The normalized spacial score (nSPS) is 14.6. The number of halogens is 3. The number of esters is 1. The number of nitrogens with zero attached hydrogens (tertiary/aromatic N) is 2. The van der Waals surface area contributed by atoms with Crippen LogP contribution in [-0.4, -0.2) is 30.9 Å². The Morgan fingerprint density at radius 1 is 0.956 bits per heavy atom. The minimum atomic E-state index is -0.824. The van der Waals surface area contributed by atoms with Crippen molar-refractivity contribution in [3.05, 3.63) is 117 Å². The van der Waals surface area contributed by atoms with Gasteiger partial charge in [-0.3, -0.25) is 9.36 Å². The standard InChI is InChI=1S/C33H29Cl3N2O6S/c1-5-42-27-14-19(8-11-26(27)41-4)30-29(32(40)43-6-2)18(3)37-33-38(30)31(39)28(45-33)15-21-13-22(34)10-12-25(21)44-17-20-7-9-23(35)16-24(20)36/h7-16,30H,5-6,17H2,1-4H3/b28-15-/t30-/m0/s1. The molecule has 234 valence electrons. The Morgan fingerprint density at radius 2 is 1.69 bits per heavy atom. The highest BCUT2D eigenvalue weighted by Gasteiger charge is 2.34. The van der Waals surface area contributed by atoms with Crippen LogP contribution in [0.15, 0.2) is 75.7 Å². The maximum atomic E-state index is 14.2. The molecule has 1 aromatic heterocycles. The van der Waals surface area contributed by atoms with Crippen LogP contribution in [0.4, 0.5) is 0 Å². The summed E-state index contributed by atoms with van der Waals surface area (Å²) < 4.78 is 24.7. The van der Waals surface area contributed by atoms with E-state index >= 15 is 0 Å². The first-order valence-electron chi connectivity index (χ1n) is 14.0. The number of benzene rings is 3. The van der Waals surface area contributed by atoms with E-state index < -0.39 is 12.0 Å². The van der Waals surface area contributed by atoms with Crippen molar-refractivity contribution >= 4 is 58.2 Å². The molecular formula is C33H29Cl3N2O6S. The van der Waals surface area contributed by atoms with Gasteiger partial charge < -0.3 is 18.9 Å². The summed E-state index contributed by atoms with van der Waals surface area (Å²) in [6.07, 6.45) is 1.70. The molecule has 4 aromatic rings. The molecule has 3 aromatic carbocycles. The summed E-state index contributed by atoms with van der Waals surface area (Å²) >= 11 is 19.9. The number of allylic oxidation sites excluding steroid dienone is 1. The highest BCUT2D eigenvalue weighted by atomic mass is 35.5. The zero-order valence-corrected chi connectivity index (χ0v) is 27.9. The minimum Gasteiger partial charge on any atom is -0.493 e. The average molecular weight is 688 g/mol. The molecule has 0 saturated carbocycles. The molecule has 0 bridgehead atoms. The lowest BCUT2D eigenvalue weighted by molar-refractivity contribution is -0.139. The van der Waals surface area contributed by atoms with Crippen LogP contribution in [0.5, 0.6) is 17.2 Å². The second-order valence-corrected chi connectivity index (χ2v) is 12.1. The van der Waals surface area contributed by atoms with Gasteiger partial charge in [0.15, 0.2) is 16.3 Å². The van der Waals surface area contributed by atoms with Crippen LogP contribution < -0.4 is 29.1 Å². The first-order chi connectivity index (χ1) is 21.6. The minimum absolute atomic E-state index is 0.165. The van der Waals surface area contributed by atoms with Crippen LogP contribution >= 0.6 is 46.1 Å². The van der Waals surface area contributed by atoms with Crippen LogP contribution in [0.3, 0.4) is 0 Å². The zero-order valence-electron chi connectivity index (χ0n) is 24.9. The molecule has 2 heterocycles. The van der Waals surface area contributed by atoms with Crippen LogP contribution in [-0.2, 0) is 16.1 Å². The number of hydrogen-bond donors (Lipinski definition) is 0. The summed E-state index contributed by atoms with van der Waals surface area (Å²) in [4.78, 5) is 32.5. The van der Waals surface area contributed by atoms with Gasteiger partial charge in [-0.2, -0.15) is 0 Å². The predicted octanol–water partition coefficient (Wildman–Crippen LogP) is 6.74. The van der Waals surface area contributed by atoms with Crippen molar-refractivity contribution in [1.82, 2.24) is 4.57 Å². The van der Waals surface area contributed by atoms with Crippen LogP contribution in [0, 0.1) is 0 Å². The third-order valence-electron chi connectivity index (χ3n) is 6.98. The lowest BCUT2D eigenvalue weighted by Gasteiger charge is -2.25. The predicted molar refractivity (Wildman–Crippen MR) is 177 cm³/mol. The van der Waals surface area contributed by atoms with Gasteiger partial charge in [-0.05, 0) is 74.9 Å². The van der Waals surface area contributed by atoms with Crippen LogP contribution in [0.2, 0.25) is 15.1 Å². The fourth-order valence-electron chi connectivity index (χ4n) is 4.94. The second kappa shape index (κ2) is 14.1. The van der Waals surface area contributed by atoms with E-state index in [1.54, 1.807) is 81.6 Å². The molecule has 8 nitrogen and oxygen atoms in total. The summed E-state index contributed by atoms with van der Waals surface area (Å²) in [7, 11) is 1.55. The van der Waals surface area contributed by atoms with Crippen molar-refractivity contribution in [3.8, 4) is 17.2 Å². The van der Waals surface area contributed by atoms with E-state index in [9.17, 15) is 9.59 Å². The highest BCUT2D eigenvalue weighted by molar-refractivity contribution is 7.07. The second-order valence-electron chi connectivity index (χ2n) is 9.85. The summed E-state index contributed by atoms with van der Waals surface area (Å²) in [5, 5.41) is 1.46. The van der Waals surface area contributed by atoms with E-state index in [2.05, 4.69) is 4.99 Å². The maximum Gasteiger partial charge on any atom is 0.338 e. The zero-order chi connectivity index (χ0) is 32.2. The number of methoxy groups -OCH3 is 1. The van der Waals surface area contributed by atoms with Gasteiger partial charge in [-0.25, -0.2) is 9.79 Å². The largest absolute Gasteiger partial charge is 0.493 e. The average Bonchev–Trinajstić information content (AvgIpc) is 3.30. The van der Waals surface area contributed by atoms with Gasteiger partial charge in [0.2, 0.25) is 0 Å². The Labute approximate surface area is 278 Å². The lowest BCUT2D eigenvalue weighted by atomic mass is 9.95. The van der Waals surface area contributed by atoms with Crippen molar-refractivity contribution in [2.45, 2.75) is 33.4 Å². The van der Waals surface area contributed by atoms with Gasteiger partial charge in [-0.1, -0.05) is 58.3 Å². The summed E-state index contributed by atoms with van der Waals surface area (Å²) in [6.45, 7) is 6.05. The molecule has 0 N–H and O–H groups in total. The van der Waals surface area contributed by atoms with Gasteiger partial charge in [0, 0.05) is 26.2 Å². The molecule has 0 aliphatic carbocycles. The van der Waals surface area contributed by atoms with Gasteiger partial charge in [-0.15, -0.1) is 0 Å². The number of carbonyl (C=O) groups is 1. The van der Waals surface area contributed by atoms with E-state index in [4.69, 9.17) is 53.8 Å². The van der Waals surface area contributed by atoms with Gasteiger partial charge in [0.05, 0.1) is 42.2 Å². The Bertz CT molecular complexity index is 1980. The molecule has 0 fully saturated rings. The number of carbonyl (C=O) groups excluding carboxylic acids is 1. The number of aromatic nitrogens is 1. The smallest absolute Gasteiger partial charge is 0.338 e. The number of ether oxygens (including phenoxy) is 4. The highest BCUT2D eigenvalue weighted by Crippen LogP contribution is 2.36.